The lowest BCUT2D eigenvalue weighted by Crippen LogP contribution is -2.58. The van der Waals surface area contributed by atoms with Gasteiger partial charge in [-0.15, -0.1) is 0 Å². The number of nitrogens with zero attached hydrogens (tertiary/aromatic N) is 3. The van der Waals surface area contributed by atoms with Gasteiger partial charge in [-0.25, -0.2) is 9.97 Å². The Morgan fingerprint density at radius 1 is 1.47 bits per heavy atom. The first-order valence-corrected chi connectivity index (χ1v) is 6.41. The van der Waals surface area contributed by atoms with Crippen LogP contribution >= 0.6 is 15.9 Å². The highest BCUT2D eigenvalue weighted by Gasteiger charge is 2.33. The molecule has 1 aromatic heterocycles. The van der Waals surface area contributed by atoms with E-state index in [4.69, 9.17) is 0 Å². The predicted molar refractivity (Wildman–Crippen MR) is 68.7 cm³/mol. The van der Waals surface area contributed by atoms with Crippen LogP contribution in [0.2, 0.25) is 0 Å². The van der Waals surface area contributed by atoms with Crippen LogP contribution in [0.3, 0.4) is 0 Å². The van der Waals surface area contributed by atoms with Gasteiger partial charge in [0.25, 0.3) is 0 Å². The van der Waals surface area contributed by atoms with Crippen molar-refractivity contribution in [2.75, 3.05) is 18.0 Å². The van der Waals surface area contributed by atoms with Gasteiger partial charge < -0.3 is 10.2 Å². The Labute approximate surface area is 109 Å². The second kappa shape index (κ2) is 5.00. The summed E-state index contributed by atoms with van der Waals surface area (Å²) in [6, 6.07) is -0.190. The van der Waals surface area contributed by atoms with Gasteiger partial charge in [0.1, 0.15) is 6.04 Å². The van der Waals surface area contributed by atoms with Gasteiger partial charge >= 0.3 is 0 Å². The van der Waals surface area contributed by atoms with E-state index < -0.39 is 0 Å². The highest BCUT2D eigenvalue weighted by Crippen LogP contribution is 2.20. The molecule has 0 aliphatic carbocycles. The van der Waals surface area contributed by atoms with E-state index in [0.29, 0.717) is 12.5 Å². The molecule has 1 fully saturated rings. The molecule has 1 aliphatic rings. The largest absolute Gasteiger partial charge is 0.353 e. The molecule has 1 saturated heterocycles. The highest BCUT2D eigenvalue weighted by molar-refractivity contribution is 9.10. The summed E-state index contributed by atoms with van der Waals surface area (Å²) in [4.78, 5) is 22.4. The second-order valence-corrected chi connectivity index (χ2v) is 5.29. The Morgan fingerprint density at radius 3 is 2.71 bits per heavy atom. The lowest BCUT2D eigenvalue weighted by atomic mass is 10.0. The molecule has 0 aromatic carbocycles. The van der Waals surface area contributed by atoms with Crippen molar-refractivity contribution in [3.63, 3.8) is 0 Å². The summed E-state index contributed by atoms with van der Waals surface area (Å²) < 4.78 is 0.837. The van der Waals surface area contributed by atoms with E-state index in [9.17, 15) is 4.79 Å². The van der Waals surface area contributed by atoms with E-state index in [1.807, 2.05) is 18.7 Å². The average molecular weight is 299 g/mol. The highest BCUT2D eigenvalue weighted by atomic mass is 79.9. The van der Waals surface area contributed by atoms with Gasteiger partial charge in [0.05, 0.1) is 4.47 Å². The molecule has 1 unspecified atom stereocenters. The first-order chi connectivity index (χ1) is 8.09. The number of hydrogen-bond donors (Lipinski definition) is 1. The third-order valence-corrected chi connectivity index (χ3v) is 3.16. The van der Waals surface area contributed by atoms with E-state index >= 15 is 0 Å². The van der Waals surface area contributed by atoms with Gasteiger partial charge in [-0.05, 0) is 21.8 Å². The van der Waals surface area contributed by atoms with E-state index in [1.165, 1.54) is 0 Å². The topological polar surface area (TPSA) is 58.1 Å². The Bertz CT molecular complexity index is 406. The van der Waals surface area contributed by atoms with Crippen LogP contribution in [0.4, 0.5) is 5.95 Å². The summed E-state index contributed by atoms with van der Waals surface area (Å²) in [6.45, 7) is 5.44. The molecule has 1 aromatic rings. The minimum atomic E-state index is -0.190. The Morgan fingerprint density at radius 2 is 2.12 bits per heavy atom. The zero-order chi connectivity index (χ0) is 12.4. The maximum atomic E-state index is 11.9. The fourth-order valence-corrected chi connectivity index (χ4v) is 2.23. The van der Waals surface area contributed by atoms with Crippen LogP contribution in [0.15, 0.2) is 16.9 Å². The van der Waals surface area contributed by atoms with E-state index in [-0.39, 0.29) is 17.9 Å². The molecule has 0 saturated carbocycles. The predicted octanol–water partition coefficient (Wildman–Crippen LogP) is 1.20. The van der Waals surface area contributed by atoms with Gasteiger partial charge in [0.2, 0.25) is 11.9 Å². The summed E-state index contributed by atoms with van der Waals surface area (Å²) in [7, 11) is 0. The van der Waals surface area contributed by atoms with Crippen LogP contribution in [0, 0.1) is 5.92 Å². The number of amides is 1. The van der Waals surface area contributed by atoms with Gasteiger partial charge in [0, 0.05) is 25.5 Å². The zero-order valence-electron chi connectivity index (χ0n) is 9.85. The number of aromatic nitrogens is 2. The van der Waals surface area contributed by atoms with Crippen molar-refractivity contribution in [1.29, 1.82) is 0 Å². The minimum Gasteiger partial charge on any atom is -0.353 e. The molecule has 1 amide bonds. The van der Waals surface area contributed by atoms with Crippen LogP contribution < -0.4 is 10.2 Å². The van der Waals surface area contributed by atoms with Crippen LogP contribution in [-0.4, -0.2) is 35.0 Å². The number of halogens is 1. The standard InChI is InChI=1S/C11H15BrN4O/c1-7(2)9-10(17)13-3-4-16(9)11-14-5-8(12)6-15-11/h5-7,9H,3-4H2,1-2H3,(H,13,17). The first kappa shape index (κ1) is 12.3. The van der Waals surface area contributed by atoms with Gasteiger partial charge in [0.15, 0.2) is 0 Å². The summed E-state index contributed by atoms with van der Waals surface area (Å²) in [5.41, 5.74) is 0. The quantitative estimate of drug-likeness (QED) is 0.891. The summed E-state index contributed by atoms with van der Waals surface area (Å²) in [6.07, 6.45) is 3.40. The van der Waals surface area contributed by atoms with Crippen molar-refractivity contribution in [3.8, 4) is 0 Å². The molecule has 6 heteroatoms. The fraction of sp³-hybridized carbons (Fsp3) is 0.545. The Kier molecular flexibility index (Phi) is 3.61. The summed E-state index contributed by atoms with van der Waals surface area (Å²) in [5, 5.41) is 2.88. The third-order valence-electron chi connectivity index (χ3n) is 2.75. The molecule has 5 nitrogen and oxygen atoms in total. The molecule has 1 aliphatic heterocycles. The van der Waals surface area contributed by atoms with E-state index in [0.717, 1.165) is 11.0 Å². The van der Waals surface area contributed by atoms with Crippen LogP contribution in [-0.2, 0) is 4.79 Å². The van der Waals surface area contributed by atoms with Crippen LogP contribution in [0.5, 0.6) is 0 Å². The maximum absolute atomic E-state index is 11.9. The molecule has 1 atom stereocenters. The van der Waals surface area contributed by atoms with Crippen molar-refractivity contribution in [2.45, 2.75) is 19.9 Å². The molecule has 1 N–H and O–H groups in total. The van der Waals surface area contributed by atoms with Crippen LogP contribution in [0.1, 0.15) is 13.8 Å². The van der Waals surface area contributed by atoms with Crippen molar-refractivity contribution >= 4 is 27.8 Å². The minimum absolute atomic E-state index is 0.0535. The monoisotopic (exact) mass is 298 g/mol. The number of anilines is 1. The van der Waals surface area contributed by atoms with Crippen molar-refractivity contribution in [2.24, 2.45) is 5.92 Å². The molecule has 0 bridgehead atoms. The van der Waals surface area contributed by atoms with Gasteiger partial charge in [-0.1, -0.05) is 13.8 Å². The smallest absolute Gasteiger partial charge is 0.243 e. The molecular weight excluding hydrogens is 284 g/mol. The molecule has 0 radical (unpaired) electrons. The molecule has 0 spiro atoms. The van der Waals surface area contributed by atoms with Crippen LogP contribution in [0.25, 0.3) is 0 Å². The number of carbonyl (C=O) groups excluding carboxylic acids is 1. The fourth-order valence-electron chi connectivity index (χ4n) is 2.03. The average Bonchev–Trinajstić information content (AvgIpc) is 2.29. The van der Waals surface area contributed by atoms with E-state index in [2.05, 4.69) is 31.2 Å². The lowest BCUT2D eigenvalue weighted by molar-refractivity contribution is -0.124. The number of carbonyl (C=O) groups is 1. The second-order valence-electron chi connectivity index (χ2n) is 4.37. The molecule has 2 heterocycles. The van der Waals surface area contributed by atoms with Gasteiger partial charge in [-0.3, -0.25) is 4.79 Å². The van der Waals surface area contributed by atoms with E-state index in [1.54, 1.807) is 12.4 Å². The Hall–Kier alpha value is -1.17. The normalized spacial score (nSPS) is 20.6. The molecule has 17 heavy (non-hydrogen) atoms. The number of nitrogens with one attached hydrogen (secondary N) is 1. The first-order valence-electron chi connectivity index (χ1n) is 5.61. The number of piperazine rings is 1. The summed E-state index contributed by atoms with van der Waals surface area (Å²) >= 11 is 3.30. The SMILES string of the molecule is CC(C)C1C(=O)NCCN1c1ncc(Br)cn1. The molecule has 92 valence electrons. The number of rotatable bonds is 2. The van der Waals surface area contributed by atoms with Crippen molar-refractivity contribution < 1.29 is 4.79 Å². The third kappa shape index (κ3) is 2.57. The van der Waals surface area contributed by atoms with Crippen molar-refractivity contribution in [1.82, 2.24) is 15.3 Å². The molecule has 2 rings (SSSR count). The van der Waals surface area contributed by atoms with Crippen molar-refractivity contribution in [3.05, 3.63) is 16.9 Å². The lowest BCUT2D eigenvalue weighted by Gasteiger charge is -2.37. The Balaban J connectivity index is 2.28. The van der Waals surface area contributed by atoms with Gasteiger partial charge in [-0.2, -0.15) is 0 Å². The molecular formula is C11H15BrN4O. The maximum Gasteiger partial charge on any atom is 0.243 e. The zero-order valence-corrected chi connectivity index (χ0v) is 11.4. The number of hydrogen-bond acceptors (Lipinski definition) is 4. The summed E-state index contributed by atoms with van der Waals surface area (Å²) in [5.74, 6) is 0.891.